The molecule has 0 saturated heterocycles. The van der Waals surface area contributed by atoms with Crippen molar-refractivity contribution in [2.75, 3.05) is 5.32 Å². The van der Waals surface area contributed by atoms with E-state index >= 15 is 0 Å². The monoisotopic (exact) mass is 426 g/mol. The minimum absolute atomic E-state index is 0.0513. The van der Waals surface area contributed by atoms with Gasteiger partial charge in [0.1, 0.15) is 11.9 Å². The van der Waals surface area contributed by atoms with Crippen LogP contribution in [0.5, 0.6) is 0 Å². The number of hydrogen-bond acceptors (Lipinski definition) is 3. The van der Waals surface area contributed by atoms with Crippen LogP contribution < -0.4 is 10.6 Å². The zero-order valence-electron chi connectivity index (χ0n) is 18.1. The van der Waals surface area contributed by atoms with E-state index in [4.69, 9.17) is 0 Å². The summed E-state index contributed by atoms with van der Waals surface area (Å²) in [5, 5.41) is 5.78. The second-order valence-corrected chi connectivity index (χ2v) is 8.12. The van der Waals surface area contributed by atoms with Crippen LogP contribution in [0.15, 0.2) is 78.9 Å². The molecule has 0 aliphatic heterocycles. The normalized spacial score (nSPS) is 12.0. The topological polar surface area (TPSA) is 86.9 Å². The van der Waals surface area contributed by atoms with E-state index < -0.39 is 6.04 Å². The highest BCUT2D eigenvalue weighted by molar-refractivity contribution is 5.97. The second kappa shape index (κ2) is 9.47. The maximum absolute atomic E-state index is 12.9. The number of carbonyl (C=O) groups is 2. The molecule has 4 rings (SSSR count). The molecule has 32 heavy (non-hydrogen) atoms. The van der Waals surface area contributed by atoms with Crippen molar-refractivity contribution in [2.24, 2.45) is 5.92 Å². The fraction of sp³-hybridized carbons (Fsp3) is 0.192. The molecule has 0 aliphatic rings. The van der Waals surface area contributed by atoms with E-state index in [0.29, 0.717) is 5.69 Å². The average molecular weight is 427 g/mol. The van der Waals surface area contributed by atoms with Crippen LogP contribution in [-0.4, -0.2) is 27.8 Å². The molecule has 0 unspecified atom stereocenters. The van der Waals surface area contributed by atoms with Gasteiger partial charge in [0, 0.05) is 11.3 Å². The number of amides is 2. The molecule has 0 saturated carbocycles. The van der Waals surface area contributed by atoms with Crippen molar-refractivity contribution < 1.29 is 9.59 Å². The van der Waals surface area contributed by atoms with Gasteiger partial charge in [-0.15, -0.1) is 0 Å². The molecule has 2 amide bonds. The van der Waals surface area contributed by atoms with E-state index in [1.165, 1.54) is 0 Å². The van der Waals surface area contributed by atoms with Gasteiger partial charge in [0.05, 0.1) is 17.5 Å². The number of hydrogen-bond donors (Lipinski definition) is 3. The first-order valence-electron chi connectivity index (χ1n) is 10.7. The highest BCUT2D eigenvalue weighted by atomic mass is 16.2. The highest BCUT2D eigenvalue weighted by Crippen LogP contribution is 2.22. The van der Waals surface area contributed by atoms with Crippen LogP contribution in [0.1, 0.15) is 19.4 Å². The molecule has 1 heterocycles. The van der Waals surface area contributed by atoms with Crippen molar-refractivity contribution in [1.82, 2.24) is 15.3 Å². The van der Waals surface area contributed by atoms with E-state index in [1.54, 1.807) is 0 Å². The van der Waals surface area contributed by atoms with Gasteiger partial charge in [-0.05, 0) is 47.9 Å². The molecule has 0 bridgehead atoms. The van der Waals surface area contributed by atoms with Crippen LogP contribution in [-0.2, 0) is 16.0 Å². The number of rotatable bonds is 7. The van der Waals surface area contributed by atoms with Crippen molar-refractivity contribution in [3.05, 3.63) is 84.4 Å². The Morgan fingerprint density at radius 2 is 1.59 bits per heavy atom. The maximum atomic E-state index is 12.9. The summed E-state index contributed by atoms with van der Waals surface area (Å²) in [7, 11) is 0. The average Bonchev–Trinajstić information content (AvgIpc) is 3.23. The molecule has 4 aromatic rings. The first-order chi connectivity index (χ1) is 15.5. The minimum Gasteiger partial charge on any atom is -0.344 e. The first-order valence-corrected chi connectivity index (χ1v) is 10.7. The SMILES string of the molecule is CC(C)[C@@H](NC(=O)Cc1ccccc1)C(=O)Nc1ccc(-c2nc3ccccc3[nH]2)cc1. The highest BCUT2D eigenvalue weighted by Gasteiger charge is 2.24. The molecular formula is C26H26N4O2. The van der Waals surface area contributed by atoms with Gasteiger partial charge in [-0.1, -0.05) is 56.3 Å². The number of imidazole rings is 1. The quantitative estimate of drug-likeness (QED) is 0.405. The summed E-state index contributed by atoms with van der Waals surface area (Å²) in [5.41, 5.74) is 4.39. The zero-order chi connectivity index (χ0) is 22.5. The number of benzene rings is 3. The molecule has 0 aliphatic carbocycles. The second-order valence-electron chi connectivity index (χ2n) is 8.12. The van der Waals surface area contributed by atoms with Crippen molar-refractivity contribution in [3.8, 4) is 11.4 Å². The number of nitrogens with one attached hydrogen (secondary N) is 3. The lowest BCUT2D eigenvalue weighted by molar-refractivity contribution is -0.127. The Kier molecular flexibility index (Phi) is 6.31. The third-order valence-corrected chi connectivity index (χ3v) is 5.29. The maximum Gasteiger partial charge on any atom is 0.247 e. The van der Waals surface area contributed by atoms with Crippen molar-refractivity contribution >= 4 is 28.5 Å². The molecular weight excluding hydrogens is 400 g/mol. The lowest BCUT2D eigenvalue weighted by atomic mass is 10.0. The number of carbonyl (C=O) groups excluding carboxylic acids is 2. The zero-order valence-corrected chi connectivity index (χ0v) is 18.1. The Morgan fingerprint density at radius 1 is 0.906 bits per heavy atom. The van der Waals surface area contributed by atoms with E-state index in [2.05, 4.69) is 20.6 Å². The van der Waals surface area contributed by atoms with Crippen LogP contribution in [0, 0.1) is 5.92 Å². The summed E-state index contributed by atoms with van der Waals surface area (Å²) >= 11 is 0. The van der Waals surface area contributed by atoms with Crippen LogP contribution in [0.3, 0.4) is 0 Å². The number of H-pyrrole nitrogens is 1. The molecule has 3 N–H and O–H groups in total. The van der Waals surface area contributed by atoms with Crippen molar-refractivity contribution in [1.29, 1.82) is 0 Å². The fourth-order valence-electron chi connectivity index (χ4n) is 3.56. The Hall–Kier alpha value is -3.93. The van der Waals surface area contributed by atoms with Crippen LogP contribution in [0.25, 0.3) is 22.4 Å². The van der Waals surface area contributed by atoms with Gasteiger partial charge >= 0.3 is 0 Å². The van der Waals surface area contributed by atoms with Gasteiger partial charge in [-0.3, -0.25) is 9.59 Å². The standard InChI is InChI=1S/C26H26N4O2/c1-17(2)24(30-23(31)16-18-8-4-3-5-9-18)26(32)27-20-14-12-19(13-15-20)25-28-21-10-6-7-11-22(21)29-25/h3-15,17,24H,16H2,1-2H3,(H,27,32)(H,28,29)(H,30,31)/t24-/m1/s1. The van der Waals surface area contributed by atoms with Gasteiger partial charge in [0.2, 0.25) is 11.8 Å². The Bertz CT molecular complexity index is 1180. The summed E-state index contributed by atoms with van der Waals surface area (Å²) < 4.78 is 0. The van der Waals surface area contributed by atoms with E-state index in [1.807, 2.05) is 92.7 Å². The molecule has 0 fully saturated rings. The molecule has 6 heteroatoms. The van der Waals surface area contributed by atoms with E-state index in [9.17, 15) is 9.59 Å². The molecule has 6 nitrogen and oxygen atoms in total. The van der Waals surface area contributed by atoms with Gasteiger partial charge in [-0.25, -0.2) is 4.98 Å². The van der Waals surface area contributed by atoms with Crippen LogP contribution >= 0.6 is 0 Å². The third kappa shape index (κ3) is 5.03. The Morgan fingerprint density at radius 3 is 2.28 bits per heavy atom. The minimum atomic E-state index is -0.624. The lowest BCUT2D eigenvalue weighted by Crippen LogP contribution is -2.47. The summed E-state index contributed by atoms with van der Waals surface area (Å²) in [6.45, 7) is 3.83. The fourth-order valence-corrected chi connectivity index (χ4v) is 3.56. The molecule has 1 aromatic heterocycles. The van der Waals surface area contributed by atoms with Gasteiger partial charge in [0.25, 0.3) is 0 Å². The summed E-state index contributed by atoms with van der Waals surface area (Å²) in [6, 6.07) is 24.2. The predicted molar refractivity (Wildman–Crippen MR) is 127 cm³/mol. The number of fused-ring (bicyclic) bond motifs is 1. The third-order valence-electron chi connectivity index (χ3n) is 5.29. The van der Waals surface area contributed by atoms with Crippen molar-refractivity contribution in [2.45, 2.75) is 26.3 Å². The van der Waals surface area contributed by atoms with E-state index in [-0.39, 0.29) is 24.2 Å². The number of aromatic nitrogens is 2. The summed E-state index contributed by atoms with van der Waals surface area (Å²) in [4.78, 5) is 33.2. The Labute approximate surface area is 187 Å². The number of anilines is 1. The first kappa shape index (κ1) is 21.3. The van der Waals surface area contributed by atoms with Crippen LogP contribution in [0.4, 0.5) is 5.69 Å². The molecule has 0 spiro atoms. The number of nitrogens with zero attached hydrogens (tertiary/aromatic N) is 1. The summed E-state index contributed by atoms with van der Waals surface area (Å²) in [5.74, 6) is 0.310. The molecule has 3 aromatic carbocycles. The largest absolute Gasteiger partial charge is 0.344 e. The van der Waals surface area contributed by atoms with Crippen molar-refractivity contribution in [3.63, 3.8) is 0 Å². The smallest absolute Gasteiger partial charge is 0.247 e. The molecule has 162 valence electrons. The summed E-state index contributed by atoms with van der Waals surface area (Å²) in [6.07, 6.45) is 0.240. The predicted octanol–water partition coefficient (Wildman–Crippen LogP) is 4.55. The van der Waals surface area contributed by atoms with Gasteiger partial charge in [0.15, 0.2) is 0 Å². The lowest BCUT2D eigenvalue weighted by Gasteiger charge is -2.22. The Balaban J connectivity index is 1.41. The molecule has 1 atom stereocenters. The van der Waals surface area contributed by atoms with E-state index in [0.717, 1.165) is 28.0 Å². The van der Waals surface area contributed by atoms with Gasteiger partial charge < -0.3 is 15.6 Å². The number of para-hydroxylation sites is 2. The number of aromatic amines is 1. The van der Waals surface area contributed by atoms with Crippen LogP contribution in [0.2, 0.25) is 0 Å². The molecule has 0 radical (unpaired) electrons. The van der Waals surface area contributed by atoms with Gasteiger partial charge in [-0.2, -0.15) is 0 Å².